The number of ether oxygens (including phenoxy) is 1. The Balaban J connectivity index is 1.72. The van der Waals surface area contributed by atoms with Crippen LogP contribution in [0.4, 0.5) is 30.2 Å². The lowest BCUT2D eigenvalue weighted by atomic mass is 9.90. The number of nitrogens with zero attached hydrogens (tertiary/aromatic N) is 4. The van der Waals surface area contributed by atoms with Crippen molar-refractivity contribution in [2.24, 2.45) is 5.10 Å². The normalized spacial score (nSPS) is 18.7. The number of anilines is 3. The molecule has 0 bridgehead atoms. The molecule has 0 radical (unpaired) electrons. The number of alkyl halides is 3. The Kier molecular flexibility index (Phi) is 7.77. The maximum Gasteiger partial charge on any atom is 0.416 e. The molecule has 0 fully saturated rings. The number of aromatic hydroxyl groups is 1. The number of fused-ring (bicyclic) bond motifs is 1. The van der Waals surface area contributed by atoms with Crippen molar-refractivity contribution in [2.45, 2.75) is 38.3 Å². The van der Waals surface area contributed by atoms with Gasteiger partial charge in [-0.2, -0.15) is 13.2 Å². The second-order valence-electron chi connectivity index (χ2n) is 9.99. The van der Waals surface area contributed by atoms with Crippen LogP contribution in [0.5, 0.6) is 11.5 Å². The number of likely N-dealkylation sites (N-methyl/N-ethyl adjacent to an activating group) is 1. The monoisotopic (exact) mass is 579 g/mol. The number of carbonyl (C=O) groups is 2. The Labute approximate surface area is 240 Å². The molecule has 11 heteroatoms. The summed E-state index contributed by atoms with van der Waals surface area (Å²) in [6.45, 7) is 4.46. The van der Waals surface area contributed by atoms with Crippen LogP contribution < -0.4 is 14.5 Å². The predicted molar refractivity (Wildman–Crippen MR) is 153 cm³/mol. The van der Waals surface area contributed by atoms with E-state index < -0.39 is 35.4 Å². The third-order valence-corrected chi connectivity index (χ3v) is 7.35. The number of rotatable bonds is 7. The van der Waals surface area contributed by atoms with Crippen LogP contribution in [0.2, 0.25) is 0 Å². The number of benzene rings is 3. The topological polar surface area (TPSA) is 85.5 Å². The van der Waals surface area contributed by atoms with Gasteiger partial charge in [0.2, 0.25) is 11.8 Å². The number of amides is 2. The summed E-state index contributed by atoms with van der Waals surface area (Å²) in [4.78, 5) is 31.1. The molecule has 0 spiro atoms. The molecule has 5 rings (SSSR count). The minimum Gasteiger partial charge on any atom is -0.504 e. The van der Waals surface area contributed by atoms with Gasteiger partial charge in [0.25, 0.3) is 0 Å². The van der Waals surface area contributed by atoms with Gasteiger partial charge in [0.15, 0.2) is 24.3 Å². The lowest BCUT2D eigenvalue weighted by Gasteiger charge is -2.26. The summed E-state index contributed by atoms with van der Waals surface area (Å²) < 4.78 is 48.7. The van der Waals surface area contributed by atoms with E-state index >= 15 is 0 Å². The minimum absolute atomic E-state index is 0.0502. The summed E-state index contributed by atoms with van der Waals surface area (Å²) in [5.74, 6) is -3.37. The highest BCUT2D eigenvalue weighted by Gasteiger charge is 2.43. The number of hydrazone groups is 1. The molecule has 0 aromatic heterocycles. The summed E-state index contributed by atoms with van der Waals surface area (Å²) in [5.41, 5.74) is 0.0784. The number of phenols is 1. The van der Waals surface area contributed by atoms with E-state index in [0.717, 1.165) is 23.5 Å². The molecular weight excluding hydrogens is 549 g/mol. The van der Waals surface area contributed by atoms with Gasteiger partial charge >= 0.3 is 6.18 Å². The molecule has 2 amide bonds. The summed E-state index contributed by atoms with van der Waals surface area (Å²) in [5, 5.41) is 15.4. The van der Waals surface area contributed by atoms with Crippen LogP contribution in [0, 0.1) is 0 Å². The van der Waals surface area contributed by atoms with Gasteiger partial charge in [-0.1, -0.05) is 29.8 Å². The van der Waals surface area contributed by atoms with Crippen molar-refractivity contribution in [3.05, 3.63) is 77.4 Å². The summed E-state index contributed by atoms with van der Waals surface area (Å²) in [7, 11) is 1.36. The number of halogens is 3. The molecule has 0 aliphatic carbocycles. The van der Waals surface area contributed by atoms with Gasteiger partial charge in [0.05, 0.1) is 30.3 Å². The maximum absolute atomic E-state index is 14.4. The highest BCUT2D eigenvalue weighted by Crippen LogP contribution is 2.46. The molecule has 2 aliphatic rings. The van der Waals surface area contributed by atoms with Gasteiger partial charge in [-0.25, -0.2) is 0 Å². The fourth-order valence-corrected chi connectivity index (χ4v) is 5.36. The van der Waals surface area contributed by atoms with Gasteiger partial charge in [-0.05, 0) is 60.1 Å². The number of carbonyl (C=O) groups excluding carboxylic acids is 2. The van der Waals surface area contributed by atoms with Crippen LogP contribution in [0.15, 0.2) is 65.8 Å². The van der Waals surface area contributed by atoms with E-state index in [9.17, 15) is 27.9 Å². The van der Waals surface area contributed by atoms with Crippen LogP contribution in [0.3, 0.4) is 0 Å². The Morgan fingerprint density at radius 2 is 1.74 bits per heavy atom. The fourth-order valence-electron chi connectivity index (χ4n) is 5.36. The van der Waals surface area contributed by atoms with Crippen LogP contribution in [-0.2, 0) is 15.8 Å². The first-order valence-electron chi connectivity index (χ1n) is 13.6. The van der Waals surface area contributed by atoms with Crippen molar-refractivity contribution in [3.63, 3.8) is 0 Å². The molecule has 0 saturated heterocycles. The van der Waals surface area contributed by atoms with Gasteiger partial charge in [-0.15, -0.1) is 0 Å². The first-order chi connectivity index (χ1) is 20.1. The lowest BCUT2D eigenvalue weighted by Crippen LogP contribution is -2.39. The molecule has 0 saturated carbocycles. The van der Waals surface area contributed by atoms with E-state index in [1.165, 1.54) is 24.1 Å². The van der Waals surface area contributed by atoms with Crippen molar-refractivity contribution in [1.82, 2.24) is 0 Å². The summed E-state index contributed by atoms with van der Waals surface area (Å²) in [6, 6.07) is 14.2. The smallest absolute Gasteiger partial charge is 0.416 e. The van der Waals surface area contributed by atoms with E-state index in [1.807, 2.05) is 13.1 Å². The molecule has 218 valence electrons. The molecule has 2 aliphatic heterocycles. The summed E-state index contributed by atoms with van der Waals surface area (Å²) >= 11 is 0. The van der Waals surface area contributed by atoms with Crippen molar-refractivity contribution in [3.8, 4) is 11.5 Å². The Bertz CT molecular complexity index is 1590. The van der Waals surface area contributed by atoms with E-state index in [1.54, 1.807) is 54.2 Å². The van der Waals surface area contributed by atoms with Crippen molar-refractivity contribution >= 4 is 41.3 Å². The van der Waals surface area contributed by atoms with Crippen LogP contribution >= 0.6 is 0 Å². The fraction of sp³-hybridized carbons (Fsp3) is 0.290. The number of phenolic OH excluding ortho intramolecular Hbond substituents is 1. The minimum atomic E-state index is -4.67. The average molecular weight is 580 g/mol. The second-order valence-corrected chi connectivity index (χ2v) is 9.99. The summed E-state index contributed by atoms with van der Waals surface area (Å²) in [6.07, 6.45) is -0.355. The van der Waals surface area contributed by atoms with Crippen molar-refractivity contribution < 1.29 is 37.3 Å². The molecular formula is C31H30F3N4O4+. The third kappa shape index (κ3) is 5.10. The van der Waals surface area contributed by atoms with Gasteiger partial charge in [-0.3, -0.25) is 14.5 Å². The standard InChI is InChI=1S/C31H29F3N4O4/c1-4-13-36-18-20(17-35-36)23-14-19(15-26(42-3)28(23)39)27-29(40)37(5-2)24-12-11-21(31(32,33)34)16-25(24)38(30(27)41)22-9-7-6-8-10-22/h6-12,14-18,20,27H,4-5,13H2,1-3H3/p+1. The van der Waals surface area contributed by atoms with Gasteiger partial charge in [0, 0.05) is 24.2 Å². The van der Waals surface area contributed by atoms with Crippen LogP contribution in [-0.4, -0.2) is 54.2 Å². The molecule has 3 aromatic rings. The Morgan fingerprint density at radius 1 is 1.00 bits per heavy atom. The predicted octanol–water partition coefficient (Wildman–Crippen LogP) is 5.81. The van der Waals surface area contributed by atoms with Crippen LogP contribution in [0.1, 0.15) is 48.8 Å². The highest BCUT2D eigenvalue weighted by atomic mass is 19.4. The molecule has 2 heterocycles. The number of hydrogen-bond acceptors (Lipinski definition) is 5. The van der Waals surface area contributed by atoms with Gasteiger partial charge in [0.1, 0.15) is 11.8 Å². The Hall–Kier alpha value is -4.67. The molecule has 42 heavy (non-hydrogen) atoms. The van der Waals surface area contributed by atoms with E-state index in [-0.39, 0.29) is 35.0 Å². The number of hydrogen-bond donors (Lipinski definition) is 1. The molecule has 1 N–H and O–H groups in total. The Morgan fingerprint density at radius 3 is 2.38 bits per heavy atom. The average Bonchev–Trinajstić information content (AvgIpc) is 3.40. The maximum atomic E-state index is 14.4. The van der Waals surface area contributed by atoms with E-state index in [4.69, 9.17) is 4.74 Å². The third-order valence-electron chi connectivity index (χ3n) is 7.35. The SMILES string of the molecule is CCC[N+]1=CC(c2cc(C3C(=O)N(CC)c4ccc(C(F)(F)F)cc4N(c4ccccc4)C3=O)cc(OC)c2O)C=N1. The van der Waals surface area contributed by atoms with Crippen molar-refractivity contribution in [1.29, 1.82) is 0 Å². The largest absolute Gasteiger partial charge is 0.504 e. The zero-order valence-corrected chi connectivity index (χ0v) is 23.3. The first kappa shape index (κ1) is 28.8. The van der Waals surface area contributed by atoms with Gasteiger partial charge < -0.3 is 14.7 Å². The van der Waals surface area contributed by atoms with E-state index in [2.05, 4.69) is 5.10 Å². The second kappa shape index (κ2) is 11.3. The lowest BCUT2D eigenvalue weighted by molar-refractivity contribution is -0.525. The highest BCUT2D eigenvalue weighted by molar-refractivity contribution is 6.23. The molecule has 2 atom stereocenters. The molecule has 8 nitrogen and oxygen atoms in total. The number of para-hydroxylation sites is 1. The zero-order chi connectivity index (χ0) is 30.2. The molecule has 3 aromatic carbocycles. The van der Waals surface area contributed by atoms with Crippen molar-refractivity contribution in [2.75, 3.05) is 30.0 Å². The quantitative estimate of drug-likeness (QED) is 0.283. The molecule has 2 unspecified atom stereocenters. The number of methoxy groups -OCH3 is 1. The first-order valence-corrected chi connectivity index (χ1v) is 13.6. The van der Waals surface area contributed by atoms with Crippen LogP contribution in [0.25, 0.3) is 0 Å². The zero-order valence-electron chi connectivity index (χ0n) is 23.3. The van der Waals surface area contributed by atoms with E-state index in [0.29, 0.717) is 17.8 Å².